The third-order valence-electron chi connectivity index (χ3n) is 2.84. The first kappa shape index (κ1) is 14.2. The van der Waals surface area contributed by atoms with E-state index in [2.05, 4.69) is 65.7 Å². The zero-order valence-electron chi connectivity index (χ0n) is 11.4. The summed E-state index contributed by atoms with van der Waals surface area (Å²) in [5.41, 5.74) is 3.26. The quantitative estimate of drug-likeness (QED) is 0.461. The Kier molecular flexibility index (Phi) is 4.34. The third kappa shape index (κ3) is 3.86. The average molecular weight is 364 g/mol. The fourth-order valence-electron chi connectivity index (χ4n) is 1.66. The largest absolute Gasteiger partial charge is 0.151 e. The fraction of sp³-hybridized carbons (Fsp3) is 0.250. The number of hydrogen-bond acceptors (Lipinski definition) is 2. The molecule has 0 unspecified atom stereocenters. The molecule has 0 atom stereocenters. The van der Waals surface area contributed by atoms with Crippen molar-refractivity contribution in [1.29, 1.82) is 0 Å². The molecule has 0 bridgehead atoms. The van der Waals surface area contributed by atoms with E-state index in [4.69, 9.17) is 0 Å². The molecule has 0 saturated heterocycles. The Bertz CT molecular complexity index is 583. The minimum Gasteiger partial charge on any atom is -0.151 e. The van der Waals surface area contributed by atoms with Crippen LogP contribution in [0.4, 0.5) is 11.4 Å². The molecule has 0 heterocycles. The molecule has 3 heteroatoms. The van der Waals surface area contributed by atoms with Gasteiger partial charge in [-0.1, -0.05) is 45.0 Å². The van der Waals surface area contributed by atoms with E-state index < -0.39 is 0 Å². The molecule has 0 saturated carbocycles. The lowest BCUT2D eigenvalue weighted by molar-refractivity contribution is 0.590. The van der Waals surface area contributed by atoms with Crippen LogP contribution in [-0.4, -0.2) is 0 Å². The van der Waals surface area contributed by atoms with Gasteiger partial charge in [0.05, 0.1) is 11.4 Å². The predicted molar refractivity (Wildman–Crippen MR) is 88.5 cm³/mol. The molecule has 19 heavy (non-hydrogen) atoms. The van der Waals surface area contributed by atoms with Crippen molar-refractivity contribution in [3.8, 4) is 0 Å². The lowest BCUT2D eigenvalue weighted by atomic mass is 9.87. The first-order valence-electron chi connectivity index (χ1n) is 6.23. The van der Waals surface area contributed by atoms with Gasteiger partial charge in [0.15, 0.2) is 0 Å². The topological polar surface area (TPSA) is 24.7 Å². The van der Waals surface area contributed by atoms with Crippen molar-refractivity contribution in [3.63, 3.8) is 0 Å². The molecular weight excluding hydrogens is 347 g/mol. The van der Waals surface area contributed by atoms with E-state index in [-0.39, 0.29) is 5.41 Å². The van der Waals surface area contributed by atoms with Crippen molar-refractivity contribution < 1.29 is 0 Å². The number of rotatable bonds is 2. The summed E-state index contributed by atoms with van der Waals surface area (Å²) in [6.45, 7) is 6.64. The number of azo groups is 1. The normalized spacial score (nSPS) is 12.0. The van der Waals surface area contributed by atoms with Crippen molar-refractivity contribution in [2.24, 2.45) is 10.2 Å². The van der Waals surface area contributed by atoms with Gasteiger partial charge in [-0.05, 0) is 57.8 Å². The van der Waals surface area contributed by atoms with Crippen LogP contribution in [0.5, 0.6) is 0 Å². The molecule has 0 radical (unpaired) electrons. The highest BCUT2D eigenvalue weighted by molar-refractivity contribution is 14.1. The molecular formula is C16H17IN2. The maximum absolute atomic E-state index is 4.32. The van der Waals surface area contributed by atoms with Crippen molar-refractivity contribution in [2.45, 2.75) is 26.2 Å². The average Bonchev–Trinajstić information content (AvgIpc) is 2.37. The van der Waals surface area contributed by atoms with Crippen LogP contribution in [0.15, 0.2) is 58.8 Å². The van der Waals surface area contributed by atoms with E-state index >= 15 is 0 Å². The molecule has 0 fully saturated rings. The van der Waals surface area contributed by atoms with Crippen LogP contribution >= 0.6 is 22.6 Å². The second-order valence-electron chi connectivity index (χ2n) is 5.45. The summed E-state index contributed by atoms with van der Waals surface area (Å²) >= 11 is 2.31. The molecule has 0 aliphatic heterocycles. The van der Waals surface area contributed by atoms with E-state index in [1.165, 1.54) is 5.56 Å². The van der Waals surface area contributed by atoms with Gasteiger partial charge in [0.25, 0.3) is 0 Å². The van der Waals surface area contributed by atoms with Crippen LogP contribution < -0.4 is 0 Å². The Labute approximate surface area is 128 Å². The number of hydrogen-bond donors (Lipinski definition) is 0. The highest BCUT2D eigenvalue weighted by Gasteiger charge is 2.14. The van der Waals surface area contributed by atoms with Gasteiger partial charge in [0.1, 0.15) is 0 Å². The van der Waals surface area contributed by atoms with Crippen molar-refractivity contribution in [3.05, 3.63) is 57.7 Å². The lowest BCUT2D eigenvalue weighted by Crippen LogP contribution is -2.10. The molecule has 0 aromatic heterocycles. The van der Waals surface area contributed by atoms with Gasteiger partial charge in [-0.15, -0.1) is 5.11 Å². The van der Waals surface area contributed by atoms with E-state index in [0.717, 1.165) is 14.9 Å². The standard InChI is InChI=1S/C16H17IN2/c1-16(2,3)12-9-10-15(14(17)11-12)19-18-13-7-5-4-6-8-13/h4-11H,1-3H3. The number of nitrogens with zero attached hydrogens (tertiary/aromatic N) is 2. The smallest absolute Gasteiger partial charge is 0.0990 e. The van der Waals surface area contributed by atoms with E-state index in [1.807, 2.05) is 36.4 Å². The maximum atomic E-state index is 4.32. The molecule has 0 N–H and O–H groups in total. The van der Waals surface area contributed by atoms with Gasteiger partial charge in [-0.3, -0.25) is 0 Å². The highest BCUT2D eigenvalue weighted by Crippen LogP contribution is 2.30. The van der Waals surface area contributed by atoms with Gasteiger partial charge < -0.3 is 0 Å². The van der Waals surface area contributed by atoms with Crippen molar-refractivity contribution >= 4 is 34.0 Å². The number of benzene rings is 2. The van der Waals surface area contributed by atoms with Gasteiger partial charge >= 0.3 is 0 Å². The minimum absolute atomic E-state index is 0.162. The third-order valence-corrected chi connectivity index (χ3v) is 3.71. The van der Waals surface area contributed by atoms with Gasteiger partial charge in [0.2, 0.25) is 0 Å². The van der Waals surface area contributed by atoms with Crippen LogP contribution in [0.2, 0.25) is 0 Å². The lowest BCUT2D eigenvalue weighted by Gasteiger charge is -2.19. The van der Waals surface area contributed by atoms with Crippen LogP contribution in [0.25, 0.3) is 0 Å². The maximum Gasteiger partial charge on any atom is 0.0990 e. The Morgan fingerprint density at radius 3 is 2.16 bits per heavy atom. The summed E-state index contributed by atoms with van der Waals surface area (Å²) in [7, 11) is 0. The summed E-state index contributed by atoms with van der Waals surface area (Å²) < 4.78 is 1.13. The zero-order chi connectivity index (χ0) is 13.9. The first-order chi connectivity index (χ1) is 8.97. The second kappa shape index (κ2) is 5.82. The Hall–Kier alpha value is -1.23. The second-order valence-corrected chi connectivity index (χ2v) is 6.61. The van der Waals surface area contributed by atoms with E-state index in [9.17, 15) is 0 Å². The van der Waals surface area contributed by atoms with Crippen molar-refractivity contribution in [1.82, 2.24) is 0 Å². The van der Waals surface area contributed by atoms with Crippen molar-refractivity contribution in [2.75, 3.05) is 0 Å². The summed E-state index contributed by atoms with van der Waals surface area (Å²) in [5.74, 6) is 0. The minimum atomic E-state index is 0.162. The first-order valence-corrected chi connectivity index (χ1v) is 7.31. The molecule has 0 spiro atoms. The SMILES string of the molecule is CC(C)(C)c1ccc(N=Nc2ccccc2)c(I)c1. The molecule has 0 amide bonds. The summed E-state index contributed by atoms with van der Waals surface area (Å²) in [5, 5.41) is 8.57. The Balaban J connectivity index is 2.25. The Morgan fingerprint density at radius 2 is 1.58 bits per heavy atom. The van der Waals surface area contributed by atoms with Gasteiger partial charge in [-0.2, -0.15) is 5.11 Å². The molecule has 0 aliphatic carbocycles. The van der Waals surface area contributed by atoms with Crippen LogP contribution in [0, 0.1) is 3.57 Å². The summed E-state index contributed by atoms with van der Waals surface area (Å²) in [6.07, 6.45) is 0. The van der Waals surface area contributed by atoms with E-state index in [0.29, 0.717) is 0 Å². The summed E-state index contributed by atoms with van der Waals surface area (Å²) in [6, 6.07) is 16.1. The molecule has 2 aromatic rings. The summed E-state index contributed by atoms with van der Waals surface area (Å²) in [4.78, 5) is 0. The Morgan fingerprint density at radius 1 is 0.895 bits per heavy atom. The predicted octanol–water partition coefficient (Wildman–Crippen LogP) is 6.00. The zero-order valence-corrected chi connectivity index (χ0v) is 13.5. The molecule has 2 nitrogen and oxygen atoms in total. The van der Waals surface area contributed by atoms with Crippen LogP contribution in [-0.2, 0) is 5.41 Å². The molecule has 2 aromatic carbocycles. The molecule has 0 aliphatic rings. The van der Waals surface area contributed by atoms with E-state index in [1.54, 1.807) is 0 Å². The monoisotopic (exact) mass is 364 g/mol. The molecule has 98 valence electrons. The van der Waals surface area contributed by atoms with Crippen LogP contribution in [0.1, 0.15) is 26.3 Å². The number of halogens is 1. The van der Waals surface area contributed by atoms with Gasteiger partial charge in [-0.25, -0.2) is 0 Å². The fourth-order valence-corrected chi connectivity index (χ4v) is 2.28. The molecule has 2 rings (SSSR count). The van der Waals surface area contributed by atoms with Gasteiger partial charge in [0, 0.05) is 3.57 Å². The highest BCUT2D eigenvalue weighted by atomic mass is 127. The van der Waals surface area contributed by atoms with Crippen LogP contribution in [0.3, 0.4) is 0 Å².